The molecule has 1 aliphatic carbocycles. The molecule has 0 amide bonds. The lowest BCUT2D eigenvalue weighted by Crippen LogP contribution is -2.46. The summed E-state index contributed by atoms with van der Waals surface area (Å²) in [6.07, 6.45) is 4.90. The fraction of sp³-hybridized carbons (Fsp3) is 0.611. The SMILES string of the molecule is C[Si](C)(C)C(Sc1ccccc1)C1C(=O)OC2CCCCC21. The van der Waals surface area contributed by atoms with E-state index in [1.54, 1.807) is 0 Å². The molecule has 0 spiro atoms. The van der Waals surface area contributed by atoms with Crippen molar-refractivity contribution in [2.45, 2.75) is 61.2 Å². The second-order valence-electron chi connectivity index (χ2n) is 7.67. The van der Waals surface area contributed by atoms with Crippen molar-refractivity contribution in [2.75, 3.05) is 0 Å². The van der Waals surface area contributed by atoms with Gasteiger partial charge < -0.3 is 4.74 Å². The van der Waals surface area contributed by atoms with Crippen LogP contribution in [0, 0.1) is 11.8 Å². The van der Waals surface area contributed by atoms with Crippen LogP contribution in [0.5, 0.6) is 0 Å². The Morgan fingerprint density at radius 2 is 1.82 bits per heavy atom. The van der Waals surface area contributed by atoms with Crippen molar-refractivity contribution in [3.63, 3.8) is 0 Å². The number of fused-ring (bicyclic) bond motifs is 1. The first-order valence-electron chi connectivity index (χ1n) is 8.39. The van der Waals surface area contributed by atoms with Crippen molar-refractivity contribution in [1.82, 2.24) is 0 Å². The summed E-state index contributed by atoms with van der Waals surface area (Å²) < 4.78 is 5.76. The Bertz CT molecular complexity index is 526. The molecular weight excluding hydrogens is 308 g/mol. The second kappa shape index (κ2) is 6.40. The molecule has 1 saturated heterocycles. The number of hydrogen-bond acceptors (Lipinski definition) is 3. The summed E-state index contributed by atoms with van der Waals surface area (Å²) in [5, 5.41) is 0. The molecule has 4 atom stereocenters. The molecule has 1 aromatic rings. The van der Waals surface area contributed by atoms with Gasteiger partial charge in [-0.3, -0.25) is 4.79 Å². The fourth-order valence-corrected chi connectivity index (χ4v) is 8.22. The van der Waals surface area contributed by atoms with E-state index in [0.29, 0.717) is 10.8 Å². The molecule has 2 fully saturated rings. The minimum absolute atomic E-state index is 0.0766. The van der Waals surface area contributed by atoms with E-state index >= 15 is 0 Å². The van der Waals surface area contributed by atoms with E-state index in [9.17, 15) is 4.79 Å². The van der Waals surface area contributed by atoms with Crippen molar-refractivity contribution in [2.24, 2.45) is 11.8 Å². The van der Waals surface area contributed by atoms with Crippen LogP contribution in [-0.4, -0.2) is 25.0 Å². The third-order valence-corrected chi connectivity index (χ3v) is 10.6. The van der Waals surface area contributed by atoms with Crippen LogP contribution in [-0.2, 0) is 9.53 Å². The van der Waals surface area contributed by atoms with Crippen LogP contribution in [0.15, 0.2) is 35.2 Å². The Labute approximate surface area is 139 Å². The summed E-state index contributed by atoms with van der Waals surface area (Å²) in [5.74, 6) is 0.629. The van der Waals surface area contributed by atoms with E-state index < -0.39 is 8.07 Å². The van der Waals surface area contributed by atoms with Crippen molar-refractivity contribution >= 4 is 25.8 Å². The lowest BCUT2D eigenvalue weighted by Gasteiger charge is -2.35. The summed E-state index contributed by atoms with van der Waals surface area (Å²) in [6.45, 7) is 7.16. The Morgan fingerprint density at radius 1 is 1.14 bits per heavy atom. The number of ether oxygens (including phenoxy) is 1. The zero-order chi connectivity index (χ0) is 15.7. The monoisotopic (exact) mass is 334 g/mol. The predicted molar refractivity (Wildman–Crippen MR) is 94.8 cm³/mol. The van der Waals surface area contributed by atoms with Crippen LogP contribution in [0.1, 0.15) is 25.7 Å². The maximum atomic E-state index is 12.6. The maximum absolute atomic E-state index is 12.6. The zero-order valence-corrected chi connectivity index (χ0v) is 15.6. The molecule has 22 heavy (non-hydrogen) atoms. The Kier molecular flexibility index (Phi) is 4.69. The zero-order valence-electron chi connectivity index (χ0n) is 13.7. The van der Waals surface area contributed by atoms with Gasteiger partial charge in [-0.2, -0.15) is 0 Å². The van der Waals surface area contributed by atoms with E-state index in [2.05, 4.69) is 50.0 Å². The summed E-state index contributed by atoms with van der Waals surface area (Å²) in [7, 11) is -1.49. The van der Waals surface area contributed by atoms with Gasteiger partial charge in [0.1, 0.15) is 6.10 Å². The number of carbonyl (C=O) groups is 1. The van der Waals surface area contributed by atoms with E-state index in [1.165, 1.54) is 17.7 Å². The first kappa shape index (κ1) is 16.1. The lowest BCUT2D eigenvalue weighted by molar-refractivity contribution is -0.144. The van der Waals surface area contributed by atoms with Crippen LogP contribution < -0.4 is 0 Å². The van der Waals surface area contributed by atoms with Gasteiger partial charge in [0.25, 0.3) is 0 Å². The first-order valence-corrected chi connectivity index (χ1v) is 12.8. The normalized spacial score (nSPS) is 29.8. The molecule has 4 heteroatoms. The second-order valence-corrected chi connectivity index (χ2v) is 14.7. The summed E-state index contributed by atoms with van der Waals surface area (Å²) in [4.78, 5) is 14.3. The number of carbonyl (C=O) groups excluding carboxylic acids is 1. The van der Waals surface area contributed by atoms with E-state index in [0.717, 1.165) is 12.8 Å². The highest BCUT2D eigenvalue weighted by Gasteiger charge is 2.52. The smallest absolute Gasteiger partial charge is 0.310 e. The number of hydrogen-bond donors (Lipinski definition) is 0. The first-order chi connectivity index (χ1) is 10.5. The molecule has 0 aromatic heterocycles. The molecule has 3 rings (SSSR count). The van der Waals surface area contributed by atoms with Crippen LogP contribution in [0.3, 0.4) is 0 Å². The topological polar surface area (TPSA) is 26.3 Å². The number of esters is 1. The third kappa shape index (κ3) is 3.28. The van der Waals surface area contributed by atoms with Crippen LogP contribution >= 0.6 is 11.8 Å². The quantitative estimate of drug-likeness (QED) is 0.451. The molecule has 1 saturated carbocycles. The van der Waals surface area contributed by atoms with E-state index in [1.807, 2.05) is 11.8 Å². The number of benzene rings is 1. The predicted octanol–water partition coefficient (Wildman–Crippen LogP) is 4.76. The fourth-order valence-electron chi connectivity index (χ4n) is 3.87. The average Bonchev–Trinajstić information content (AvgIpc) is 2.80. The van der Waals surface area contributed by atoms with Gasteiger partial charge in [0.2, 0.25) is 0 Å². The highest BCUT2D eigenvalue weighted by molar-refractivity contribution is 8.01. The van der Waals surface area contributed by atoms with Gasteiger partial charge in [0, 0.05) is 15.7 Å². The summed E-state index contributed by atoms with van der Waals surface area (Å²) in [5.41, 5.74) is 0. The lowest BCUT2D eigenvalue weighted by atomic mass is 9.81. The molecule has 0 N–H and O–H groups in total. The summed E-state index contributed by atoms with van der Waals surface area (Å²) >= 11 is 1.91. The van der Waals surface area contributed by atoms with Crippen LogP contribution in [0.4, 0.5) is 0 Å². The van der Waals surface area contributed by atoms with Gasteiger partial charge in [-0.1, -0.05) is 44.3 Å². The molecule has 1 aliphatic heterocycles. The summed E-state index contributed by atoms with van der Waals surface area (Å²) in [6, 6.07) is 10.5. The van der Waals surface area contributed by atoms with E-state index in [-0.39, 0.29) is 18.0 Å². The average molecular weight is 335 g/mol. The van der Waals surface area contributed by atoms with E-state index in [4.69, 9.17) is 4.74 Å². The van der Waals surface area contributed by atoms with Crippen molar-refractivity contribution in [1.29, 1.82) is 0 Å². The van der Waals surface area contributed by atoms with Gasteiger partial charge in [-0.05, 0) is 31.4 Å². The molecule has 1 aromatic carbocycles. The van der Waals surface area contributed by atoms with Crippen molar-refractivity contribution < 1.29 is 9.53 Å². The van der Waals surface area contributed by atoms with Crippen LogP contribution in [0.2, 0.25) is 19.6 Å². The van der Waals surface area contributed by atoms with Crippen molar-refractivity contribution in [3.05, 3.63) is 30.3 Å². The van der Waals surface area contributed by atoms with Crippen molar-refractivity contribution in [3.8, 4) is 0 Å². The molecule has 120 valence electrons. The maximum Gasteiger partial charge on any atom is 0.310 e. The molecule has 2 aliphatic rings. The minimum atomic E-state index is -1.49. The Hall–Kier alpha value is -0.743. The Morgan fingerprint density at radius 3 is 2.50 bits per heavy atom. The third-order valence-electron chi connectivity index (χ3n) is 4.94. The molecule has 0 bridgehead atoms. The molecule has 2 nitrogen and oxygen atoms in total. The van der Waals surface area contributed by atoms with Crippen LogP contribution in [0.25, 0.3) is 0 Å². The van der Waals surface area contributed by atoms with Gasteiger partial charge in [0.15, 0.2) is 0 Å². The minimum Gasteiger partial charge on any atom is -0.462 e. The molecule has 1 heterocycles. The molecule has 0 radical (unpaired) electrons. The number of rotatable bonds is 4. The highest BCUT2D eigenvalue weighted by atomic mass is 32.2. The highest BCUT2D eigenvalue weighted by Crippen LogP contribution is 2.47. The standard InChI is InChI=1S/C18H26O2SSi/c1-22(2,3)18(21-13-9-5-4-6-10-13)16-14-11-7-8-12-15(14)20-17(16)19/h4-6,9-10,14-16,18H,7-8,11-12H2,1-3H3. The van der Waals surface area contributed by atoms with Gasteiger partial charge in [0.05, 0.1) is 14.0 Å². The van der Waals surface area contributed by atoms with Gasteiger partial charge >= 0.3 is 5.97 Å². The largest absolute Gasteiger partial charge is 0.462 e. The van der Waals surface area contributed by atoms with Gasteiger partial charge in [-0.15, -0.1) is 11.8 Å². The molecule has 4 unspecified atom stereocenters. The number of thioether (sulfide) groups is 1. The van der Waals surface area contributed by atoms with Gasteiger partial charge in [-0.25, -0.2) is 0 Å². The Balaban J connectivity index is 1.87. The molecular formula is C18H26O2SSi.